The number of piperidine rings is 1. The maximum atomic E-state index is 12.9. The molecule has 1 aliphatic rings. The number of carbonyl (C=O) groups excluding carboxylic acids is 1. The Kier molecular flexibility index (Phi) is 6.40. The summed E-state index contributed by atoms with van der Waals surface area (Å²) in [6, 6.07) is 16.9. The molecule has 4 rings (SSSR count). The largest absolute Gasteiger partial charge is 0.484 e. The number of hydrogen-bond donors (Lipinski definition) is 1. The number of amides is 1. The van der Waals surface area contributed by atoms with Crippen LogP contribution in [0.2, 0.25) is 0 Å². The maximum absolute atomic E-state index is 12.9. The van der Waals surface area contributed by atoms with Crippen molar-refractivity contribution < 1.29 is 13.9 Å². The van der Waals surface area contributed by atoms with Crippen molar-refractivity contribution in [3.05, 3.63) is 66.5 Å². The molecule has 3 aromatic rings. The predicted molar refractivity (Wildman–Crippen MR) is 119 cm³/mol. The van der Waals surface area contributed by atoms with Crippen molar-refractivity contribution in [3.63, 3.8) is 0 Å². The normalized spacial score (nSPS) is 14.3. The molecule has 31 heavy (non-hydrogen) atoms. The number of carbonyl (C=O) groups is 1. The molecule has 0 atom stereocenters. The number of benzene rings is 2. The second-order valence-corrected chi connectivity index (χ2v) is 7.82. The van der Waals surface area contributed by atoms with Crippen LogP contribution in [0.25, 0.3) is 11.3 Å². The molecule has 1 amide bonds. The Hall–Kier alpha value is -3.48. The second kappa shape index (κ2) is 9.55. The summed E-state index contributed by atoms with van der Waals surface area (Å²) in [4.78, 5) is 14.5. The molecule has 160 valence electrons. The van der Waals surface area contributed by atoms with Gasteiger partial charge in [0.2, 0.25) is 0 Å². The minimum Gasteiger partial charge on any atom is -0.484 e. The number of hydrogen-bond acceptors (Lipinski definition) is 5. The van der Waals surface area contributed by atoms with Crippen LogP contribution < -0.4 is 15.0 Å². The van der Waals surface area contributed by atoms with Crippen molar-refractivity contribution in [3.8, 4) is 17.0 Å². The Morgan fingerprint density at radius 2 is 1.87 bits per heavy atom. The average Bonchev–Trinajstić information content (AvgIpc) is 2.80. The van der Waals surface area contributed by atoms with Gasteiger partial charge in [-0.05, 0) is 67.3 Å². The Balaban J connectivity index is 1.36. The van der Waals surface area contributed by atoms with Crippen LogP contribution in [-0.2, 0) is 4.79 Å². The second-order valence-electron chi connectivity index (χ2n) is 7.82. The summed E-state index contributed by atoms with van der Waals surface area (Å²) in [6.07, 6.45) is 2.35. The zero-order valence-corrected chi connectivity index (χ0v) is 17.4. The highest BCUT2D eigenvalue weighted by atomic mass is 19.1. The van der Waals surface area contributed by atoms with Gasteiger partial charge in [0.25, 0.3) is 5.91 Å². The summed E-state index contributed by atoms with van der Waals surface area (Å²) in [7, 11) is 0. The van der Waals surface area contributed by atoms with Crippen molar-refractivity contribution in [2.75, 3.05) is 29.9 Å². The first-order chi connectivity index (χ1) is 15.1. The molecule has 6 nitrogen and oxygen atoms in total. The number of nitrogens with zero attached hydrogens (tertiary/aromatic N) is 3. The lowest BCUT2D eigenvalue weighted by Gasteiger charge is -2.30. The molecule has 0 unspecified atom stereocenters. The standard InChI is InChI=1S/C24H25FN4O2/c1-17-11-13-29(14-12-17)23-10-9-22(27-28-23)18-3-2-4-20(15-18)26-24(30)16-31-21-7-5-19(25)6-8-21/h2-10,15,17H,11-14,16H2,1H3,(H,26,30). The van der Waals surface area contributed by atoms with Crippen LogP contribution in [0.1, 0.15) is 19.8 Å². The summed E-state index contributed by atoms with van der Waals surface area (Å²) in [5.41, 5.74) is 2.25. The van der Waals surface area contributed by atoms with E-state index in [1.165, 1.54) is 37.1 Å². The fraction of sp³-hybridized carbons (Fsp3) is 0.292. The third-order valence-electron chi connectivity index (χ3n) is 5.38. The minimum atomic E-state index is -0.352. The van der Waals surface area contributed by atoms with Gasteiger partial charge in [0.05, 0.1) is 5.69 Å². The monoisotopic (exact) mass is 420 g/mol. The number of anilines is 2. The van der Waals surface area contributed by atoms with Gasteiger partial charge in [0.15, 0.2) is 12.4 Å². The minimum absolute atomic E-state index is 0.168. The zero-order valence-electron chi connectivity index (χ0n) is 17.4. The third kappa shape index (κ3) is 5.57. The zero-order chi connectivity index (χ0) is 21.6. The maximum Gasteiger partial charge on any atom is 0.262 e. The van der Waals surface area contributed by atoms with Crippen molar-refractivity contribution in [2.45, 2.75) is 19.8 Å². The summed E-state index contributed by atoms with van der Waals surface area (Å²) < 4.78 is 18.3. The Morgan fingerprint density at radius 1 is 1.10 bits per heavy atom. The summed E-state index contributed by atoms with van der Waals surface area (Å²) in [5.74, 6) is 1.45. The molecule has 1 N–H and O–H groups in total. The topological polar surface area (TPSA) is 67.4 Å². The first kappa shape index (κ1) is 20.8. The van der Waals surface area contributed by atoms with Gasteiger partial charge in [-0.3, -0.25) is 4.79 Å². The van der Waals surface area contributed by atoms with Crippen LogP contribution in [0.3, 0.4) is 0 Å². The molecule has 7 heteroatoms. The van der Waals surface area contributed by atoms with Gasteiger partial charge in [-0.25, -0.2) is 4.39 Å². The van der Waals surface area contributed by atoms with Crippen molar-refractivity contribution in [1.29, 1.82) is 0 Å². The fourth-order valence-corrected chi connectivity index (χ4v) is 3.52. The molecule has 1 aliphatic heterocycles. The van der Waals surface area contributed by atoms with E-state index < -0.39 is 0 Å². The lowest BCUT2D eigenvalue weighted by Crippen LogP contribution is -2.33. The predicted octanol–water partition coefficient (Wildman–Crippen LogP) is 4.54. The third-order valence-corrected chi connectivity index (χ3v) is 5.38. The number of rotatable bonds is 6. The van der Waals surface area contributed by atoms with Gasteiger partial charge in [-0.15, -0.1) is 10.2 Å². The number of halogens is 1. The Morgan fingerprint density at radius 3 is 2.58 bits per heavy atom. The van der Waals surface area contributed by atoms with E-state index in [4.69, 9.17) is 4.74 Å². The Bertz CT molecular complexity index is 1020. The molecule has 0 saturated carbocycles. The van der Waals surface area contributed by atoms with Crippen molar-refractivity contribution >= 4 is 17.4 Å². The lowest BCUT2D eigenvalue weighted by molar-refractivity contribution is -0.118. The van der Waals surface area contributed by atoms with Crippen LogP contribution in [0.15, 0.2) is 60.7 Å². The number of ether oxygens (including phenoxy) is 1. The quantitative estimate of drug-likeness (QED) is 0.634. The number of aromatic nitrogens is 2. The first-order valence-corrected chi connectivity index (χ1v) is 10.4. The van der Waals surface area contributed by atoms with Gasteiger partial charge in [0.1, 0.15) is 11.6 Å². The highest BCUT2D eigenvalue weighted by Crippen LogP contribution is 2.24. The van der Waals surface area contributed by atoms with Crippen LogP contribution in [0, 0.1) is 11.7 Å². The lowest BCUT2D eigenvalue weighted by atomic mass is 9.99. The summed E-state index contributed by atoms with van der Waals surface area (Å²) >= 11 is 0. The van der Waals surface area contributed by atoms with E-state index in [0.717, 1.165) is 36.1 Å². The molecule has 1 aromatic heterocycles. The molecule has 0 aliphatic carbocycles. The molecular formula is C24H25FN4O2. The Labute approximate surface area is 181 Å². The summed E-state index contributed by atoms with van der Waals surface area (Å²) in [5, 5.41) is 11.6. The molecule has 0 bridgehead atoms. The highest BCUT2D eigenvalue weighted by molar-refractivity contribution is 5.92. The smallest absolute Gasteiger partial charge is 0.262 e. The molecule has 2 heterocycles. The molecule has 1 saturated heterocycles. The van der Waals surface area contributed by atoms with Gasteiger partial charge in [-0.1, -0.05) is 19.1 Å². The van der Waals surface area contributed by atoms with Gasteiger partial charge in [0, 0.05) is 24.3 Å². The van der Waals surface area contributed by atoms with Crippen molar-refractivity contribution in [1.82, 2.24) is 10.2 Å². The van der Waals surface area contributed by atoms with Crippen LogP contribution in [0.4, 0.5) is 15.9 Å². The van der Waals surface area contributed by atoms with Gasteiger partial charge < -0.3 is 15.0 Å². The molecule has 2 aromatic carbocycles. The SMILES string of the molecule is CC1CCN(c2ccc(-c3cccc(NC(=O)COc4ccc(F)cc4)c3)nn2)CC1. The van der Waals surface area contributed by atoms with Crippen molar-refractivity contribution in [2.24, 2.45) is 5.92 Å². The van der Waals surface area contributed by atoms with E-state index in [2.05, 4.69) is 27.3 Å². The van der Waals surface area contributed by atoms with E-state index >= 15 is 0 Å². The van der Waals surface area contributed by atoms with E-state index in [0.29, 0.717) is 11.4 Å². The highest BCUT2D eigenvalue weighted by Gasteiger charge is 2.17. The molecule has 1 fully saturated rings. The number of nitrogens with one attached hydrogen (secondary N) is 1. The fourth-order valence-electron chi connectivity index (χ4n) is 3.52. The van der Waals surface area contributed by atoms with Crippen LogP contribution >= 0.6 is 0 Å². The van der Waals surface area contributed by atoms with Crippen LogP contribution in [0.5, 0.6) is 5.75 Å². The molecule has 0 radical (unpaired) electrons. The van der Waals surface area contributed by atoms with E-state index in [-0.39, 0.29) is 18.3 Å². The van der Waals surface area contributed by atoms with Gasteiger partial charge in [-0.2, -0.15) is 0 Å². The first-order valence-electron chi connectivity index (χ1n) is 10.4. The van der Waals surface area contributed by atoms with Gasteiger partial charge >= 0.3 is 0 Å². The van der Waals surface area contributed by atoms with Crippen LogP contribution in [-0.4, -0.2) is 35.8 Å². The van der Waals surface area contributed by atoms with E-state index in [1.54, 1.807) is 6.07 Å². The molecule has 0 spiro atoms. The molecular weight excluding hydrogens is 395 g/mol. The average molecular weight is 420 g/mol. The van der Waals surface area contributed by atoms with E-state index in [1.807, 2.05) is 30.3 Å². The van der Waals surface area contributed by atoms with E-state index in [9.17, 15) is 9.18 Å². The summed E-state index contributed by atoms with van der Waals surface area (Å²) in [6.45, 7) is 4.14.